The third-order valence-electron chi connectivity index (χ3n) is 4.27. The molecule has 0 radical (unpaired) electrons. The highest BCUT2D eigenvalue weighted by molar-refractivity contribution is 7.93. The van der Waals surface area contributed by atoms with Crippen LogP contribution >= 0.6 is 11.3 Å². The number of aryl methyl sites for hydroxylation is 3. The van der Waals surface area contributed by atoms with Crippen molar-refractivity contribution in [2.75, 3.05) is 16.6 Å². The summed E-state index contributed by atoms with van der Waals surface area (Å²) in [6, 6.07) is 12.1. The number of ether oxygens (including phenoxy) is 1. The Kier molecular flexibility index (Phi) is 6.42. The third kappa shape index (κ3) is 4.98. The predicted octanol–water partition coefficient (Wildman–Crippen LogP) is 4.52. The van der Waals surface area contributed by atoms with Crippen LogP contribution in [-0.4, -0.2) is 25.9 Å². The molecule has 1 heterocycles. The van der Waals surface area contributed by atoms with Crippen molar-refractivity contribution >= 4 is 38.1 Å². The molecule has 0 spiro atoms. The number of benzene rings is 2. The fraction of sp³-hybridized carbons (Fsp3) is 0.238. The maximum absolute atomic E-state index is 12.7. The summed E-state index contributed by atoms with van der Waals surface area (Å²) in [7, 11) is -3.81. The Morgan fingerprint density at radius 3 is 2.43 bits per heavy atom. The Morgan fingerprint density at radius 1 is 1.10 bits per heavy atom. The number of anilines is 2. The second-order valence-corrected chi connectivity index (χ2v) is 9.37. The molecule has 3 rings (SSSR count). The first-order valence-corrected chi connectivity index (χ1v) is 11.6. The maximum atomic E-state index is 12.7. The molecule has 0 aliphatic rings. The zero-order valence-electron chi connectivity index (χ0n) is 17.1. The van der Waals surface area contributed by atoms with E-state index in [1.54, 1.807) is 56.3 Å². The summed E-state index contributed by atoms with van der Waals surface area (Å²) in [6.07, 6.45) is 0. The van der Waals surface area contributed by atoms with Gasteiger partial charge in [0.15, 0.2) is 5.13 Å². The molecule has 9 heteroatoms. The van der Waals surface area contributed by atoms with E-state index in [0.717, 1.165) is 16.9 Å². The van der Waals surface area contributed by atoms with Gasteiger partial charge in [0.25, 0.3) is 15.9 Å². The Balaban J connectivity index is 1.76. The predicted molar refractivity (Wildman–Crippen MR) is 119 cm³/mol. The zero-order valence-corrected chi connectivity index (χ0v) is 18.8. The quantitative estimate of drug-likeness (QED) is 0.557. The molecule has 0 saturated carbocycles. The van der Waals surface area contributed by atoms with Crippen molar-refractivity contribution in [2.24, 2.45) is 0 Å². The highest BCUT2D eigenvalue weighted by Gasteiger charge is 2.21. The normalized spacial score (nSPS) is 11.2. The lowest BCUT2D eigenvalue weighted by Gasteiger charge is -2.08. The average molecular weight is 446 g/mol. The molecule has 3 aromatic rings. The second-order valence-electron chi connectivity index (χ2n) is 6.72. The minimum Gasteiger partial charge on any atom is -0.494 e. The molecular weight excluding hydrogens is 422 g/mol. The van der Waals surface area contributed by atoms with Gasteiger partial charge in [0, 0.05) is 5.69 Å². The fourth-order valence-corrected chi connectivity index (χ4v) is 5.23. The van der Waals surface area contributed by atoms with Gasteiger partial charge in [0.2, 0.25) is 0 Å². The van der Waals surface area contributed by atoms with Crippen LogP contribution in [0.2, 0.25) is 0 Å². The summed E-state index contributed by atoms with van der Waals surface area (Å²) in [5, 5.41) is 2.93. The Bertz CT molecular complexity index is 1170. The van der Waals surface area contributed by atoms with Crippen LogP contribution < -0.4 is 14.8 Å². The van der Waals surface area contributed by atoms with Crippen LogP contribution in [-0.2, 0) is 10.0 Å². The molecule has 0 aliphatic carbocycles. The molecule has 7 nitrogen and oxygen atoms in total. The lowest BCUT2D eigenvalue weighted by molar-refractivity contribution is 0.102. The van der Waals surface area contributed by atoms with E-state index in [2.05, 4.69) is 15.0 Å². The molecular formula is C21H23N3O4S2. The van der Waals surface area contributed by atoms with Crippen LogP contribution in [0.25, 0.3) is 0 Å². The molecule has 2 aromatic carbocycles. The minimum atomic E-state index is -3.81. The van der Waals surface area contributed by atoms with Crippen molar-refractivity contribution in [3.63, 3.8) is 0 Å². The Hall–Kier alpha value is -2.91. The van der Waals surface area contributed by atoms with Gasteiger partial charge < -0.3 is 10.1 Å². The van der Waals surface area contributed by atoms with E-state index in [1.807, 2.05) is 13.8 Å². The molecule has 0 bridgehead atoms. The van der Waals surface area contributed by atoms with Crippen LogP contribution in [0.15, 0.2) is 47.4 Å². The average Bonchev–Trinajstić information content (AvgIpc) is 3.02. The van der Waals surface area contributed by atoms with Crippen molar-refractivity contribution in [1.29, 1.82) is 0 Å². The van der Waals surface area contributed by atoms with Crippen molar-refractivity contribution in [1.82, 2.24) is 4.98 Å². The van der Waals surface area contributed by atoms with Gasteiger partial charge in [0.1, 0.15) is 10.6 Å². The van der Waals surface area contributed by atoms with Gasteiger partial charge in [-0.3, -0.25) is 9.52 Å². The van der Waals surface area contributed by atoms with E-state index in [9.17, 15) is 13.2 Å². The van der Waals surface area contributed by atoms with Crippen molar-refractivity contribution in [2.45, 2.75) is 32.6 Å². The molecule has 2 N–H and O–H groups in total. The molecule has 0 atom stereocenters. The maximum Gasteiger partial charge on any atom is 0.267 e. The monoisotopic (exact) mass is 445 g/mol. The number of amides is 1. The number of aromatic nitrogens is 1. The number of rotatable bonds is 7. The Morgan fingerprint density at radius 2 is 1.80 bits per heavy atom. The minimum absolute atomic E-state index is 0.143. The summed E-state index contributed by atoms with van der Waals surface area (Å²) < 4.78 is 33.4. The number of nitrogens with zero attached hydrogens (tertiary/aromatic N) is 1. The Labute approximate surface area is 180 Å². The summed E-state index contributed by atoms with van der Waals surface area (Å²) in [5.41, 5.74) is 2.67. The first-order valence-electron chi connectivity index (χ1n) is 9.31. The number of nitrogens with one attached hydrogen (secondary N) is 2. The number of hydrogen-bond acceptors (Lipinski definition) is 6. The number of carbonyl (C=O) groups excluding carboxylic acids is 1. The largest absolute Gasteiger partial charge is 0.494 e. The van der Waals surface area contributed by atoms with Crippen molar-refractivity contribution < 1.29 is 17.9 Å². The van der Waals surface area contributed by atoms with Crippen molar-refractivity contribution in [3.05, 3.63) is 64.2 Å². The van der Waals surface area contributed by atoms with Gasteiger partial charge in [0.05, 0.1) is 17.2 Å². The van der Waals surface area contributed by atoms with E-state index in [1.165, 1.54) is 0 Å². The molecule has 0 unspecified atom stereocenters. The number of thiazole rings is 1. The third-order valence-corrected chi connectivity index (χ3v) is 6.97. The van der Waals surface area contributed by atoms with E-state index in [0.29, 0.717) is 34.2 Å². The van der Waals surface area contributed by atoms with Gasteiger partial charge in [-0.05, 0) is 63.6 Å². The van der Waals surface area contributed by atoms with Crippen LogP contribution in [0, 0.1) is 20.8 Å². The number of carbonyl (C=O) groups is 1. The summed E-state index contributed by atoms with van der Waals surface area (Å²) in [6.45, 7) is 7.76. The number of hydrogen-bond donors (Lipinski definition) is 2. The molecule has 0 fully saturated rings. The van der Waals surface area contributed by atoms with E-state index >= 15 is 0 Å². The fourth-order valence-electron chi connectivity index (χ4n) is 2.91. The van der Waals surface area contributed by atoms with Gasteiger partial charge in [-0.2, -0.15) is 0 Å². The lowest BCUT2D eigenvalue weighted by Crippen LogP contribution is -2.14. The zero-order chi connectivity index (χ0) is 21.9. The summed E-state index contributed by atoms with van der Waals surface area (Å²) in [4.78, 5) is 17.4. The smallest absolute Gasteiger partial charge is 0.267 e. The number of sulfonamides is 1. The van der Waals surface area contributed by atoms with Crippen molar-refractivity contribution in [3.8, 4) is 5.75 Å². The topological polar surface area (TPSA) is 97.4 Å². The van der Waals surface area contributed by atoms with Crippen LogP contribution in [0.3, 0.4) is 0 Å². The van der Waals surface area contributed by atoms with Crippen LogP contribution in [0.5, 0.6) is 5.75 Å². The molecule has 30 heavy (non-hydrogen) atoms. The van der Waals surface area contributed by atoms with E-state index in [4.69, 9.17) is 4.74 Å². The van der Waals surface area contributed by atoms with Gasteiger partial charge in [-0.1, -0.05) is 29.0 Å². The van der Waals surface area contributed by atoms with E-state index in [-0.39, 0.29) is 15.9 Å². The highest BCUT2D eigenvalue weighted by atomic mass is 32.2. The van der Waals surface area contributed by atoms with Gasteiger partial charge >= 0.3 is 0 Å². The SMILES string of the molecule is CCOc1ccc(NC(=O)c2sc(NS(=O)(=O)c3ccc(C)cc3C)nc2C)cc1. The summed E-state index contributed by atoms with van der Waals surface area (Å²) in [5.74, 6) is 0.360. The first-order chi connectivity index (χ1) is 14.2. The molecule has 0 saturated heterocycles. The first kappa shape index (κ1) is 21.8. The summed E-state index contributed by atoms with van der Waals surface area (Å²) >= 11 is 0.991. The van der Waals surface area contributed by atoms with Gasteiger partial charge in [-0.15, -0.1) is 0 Å². The molecule has 1 amide bonds. The van der Waals surface area contributed by atoms with Gasteiger partial charge in [-0.25, -0.2) is 13.4 Å². The molecule has 0 aliphatic heterocycles. The molecule has 158 valence electrons. The van der Waals surface area contributed by atoms with Crippen LogP contribution in [0.1, 0.15) is 33.4 Å². The van der Waals surface area contributed by atoms with E-state index < -0.39 is 10.0 Å². The second kappa shape index (κ2) is 8.85. The lowest BCUT2D eigenvalue weighted by atomic mass is 10.2. The molecule has 1 aromatic heterocycles. The highest BCUT2D eigenvalue weighted by Crippen LogP contribution is 2.27. The standard InChI is InChI=1S/C21H23N3O4S2/c1-5-28-17-9-7-16(8-10-17)23-20(25)19-15(4)22-21(29-19)24-30(26,27)18-11-6-13(2)12-14(18)3/h6-12H,5H2,1-4H3,(H,22,24)(H,23,25). The van der Waals surface area contributed by atoms with Crippen LogP contribution in [0.4, 0.5) is 10.8 Å².